The van der Waals surface area contributed by atoms with Crippen molar-refractivity contribution in [2.75, 3.05) is 45.0 Å². The lowest BCUT2D eigenvalue weighted by molar-refractivity contribution is 0.598. The Kier molecular flexibility index (Phi) is 19.4. The molecule has 0 aliphatic heterocycles. The molecule has 0 unspecified atom stereocenters. The molecular formula is C15H36N4S. The molecule has 0 aromatic rings. The van der Waals surface area contributed by atoms with Gasteiger partial charge in [0.05, 0.1) is 0 Å². The van der Waals surface area contributed by atoms with E-state index in [1.807, 2.05) is 11.9 Å². The predicted octanol–water partition coefficient (Wildman–Crippen LogP) is 2.11. The van der Waals surface area contributed by atoms with Crippen molar-refractivity contribution in [3.05, 3.63) is 0 Å². The van der Waals surface area contributed by atoms with Crippen LogP contribution in [0, 0.1) is 0 Å². The maximum absolute atomic E-state index is 5.40. The van der Waals surface area contributed by atoms with E-state index in [9.17, 15) is 0 Å². The largest absolute Gasteiger partial charge is 0.329 e. The molecule has 0 fully saturated rings. The minimum Gasteiger partial charge on any atom is -0.329 e. The molecule has 5 N–H and O–H groups in total. The Morgan fingerprint density at radius 1 is 0.750 bits per heavy atom. The summed E-state index contributed by atoms with van der Waals surface area (Å²) < 4.78 is 3.42. The van der Waals surface area contributed by atoms with E-state index in [0.29, 0.717) is 0 Å². The van der Waals surface area contributed by atoms with E-state index in [2.05, 4.69) is 22.3 Å². The standard InChI is InChI=1S/C15H36N4S/c1-2-3-4-5-6-7-15-20-19-14-13-18-11-8-10-17-12-9-16/h17-19H,2-16H2,1H3. The highest BCUT2D eigenvalue weighted by Gasteiger charge is 1.92. The molecular weight excluding hydrogens is 268 g/mol. The Bertz CT molecular complexity index is 152. The van der Waals surface area contributed by atoms with Crippen LogP contribution in [0.5, 0.6) is 0 Å². The number of nitrogens with two attached hydrogens (primary N) is 1. The molecule has 4 nitrogen and oxygen atoms in total. The third-order valence-electron chi connectivity index (χ3n) is 3.13. The first-order valence-corrected chi connectivity index (χ1v) is 9.36. The monoisotopic (exact) mass is 304 g/mol. The maximum atomic E-state index is 5.40. The van der Waals surface area contributed by atoms with Crippen LogP contribution >= 0.6 is 11.9 Å². The van der Waals surface area contributed by atoms with E-state index in [4.69, 9.17) is 5.73 Å². The normalized spacial score (nSPS) is 11.1. The fraction of sp³-hybridized carbons (Fsp3) is 1.00. The van der Waals surface area contributed by atoms with Gasteiger partial charge in [0.25, 0.3) is 0 Å². The summed E-state index contributed by atoms with van der Waals surface area (Å²) in [7, 11) is 0. The van der Waals surface area contributed by atoms with Crippen LogP contribution in [0.3, 0.4) is 0 Å². The van der Waals surface area contributed by atoms with Gasteiger partial charge in [0.2, 0.25) is 0 Å². The molecule has 0 amide bonds. The van der Waals surface area contributed by atoms with Crippen LogP contribution in [-0.2, 0) is 0 Å². The Hall–Kier alpha value is 0.190. The van der Waals surface area contributed by atoms with Gasteiger partial charge in [-0.1, -0.05) is 51.0 Å². The fourth-order valence-electron chi connectivity index (χ4n) is 1.93. The molecule has 0 saturated carbocycles. The first kappa shape index (κ1) is 20.2. The van der Waals surface area contributed by atoms with Crippen LogP contribution in [0.15, 0.2) is 0 Å². The number of unbranched alkanes of at least 4 members (excludes halogenated alkanes) is 5. The zero-order chi connectivity index (χ0) is 14.7. The molecule has 0 aromatic heterocycles. The SMILES string of the molecule is CCCCCCCCSNCCNCCCNCCN. The predicted molar refractivity (Wildman–Crippen MR) is 93.2 cm³/mol. The summed E-state index contributed by atoms with van der Waals surface area (Å²) in [5.41, 5.74) is 5.40. The number of hydrogen-bond acceptors (Lipinski definition) is 5. The molecule has 20 heavy (non-hydrogen) atoms. The zero-order valence-electron chi connectivity index (χ0n) is 13.4. The van der Waals surface area contributed by atoms with E-state index in [-0.39, 0.29) is 0 Å². The molecule has 0 bridgehead atoms. The van der Waals surface area contributed by atoms with E-state index in [0.717, 1.165) is 39.3 Å². The summed E-state index contributed by atoms with van der Waals surface area (Å²) in [6.07, 6.45) is 9.48. The number of rotatable bonds is 17. The van der Waals surface area contributed by atoms with Crippen molar-refractivity contribution in [1.82, 2.24) is 15.4 Å². The maximum Gasteiger partial charge on any atom is 0.0184 e. The third kappa shape index (κ3) is 18.2. The van der Waals surface area contributed by atoms with Crippen molar-refractivity contribution in [2.24, 2.45) is 5.73 Å². The second kappa shape index (κ2) is 19.2. The third-order valence-corrected chi connectivity index (χ3v) is 4.04. The average molecular weight is 305 g/mol. The Morgan fingerprint density at radius 2 is 1.45 bits per heavy atom. The molecule has 0 aliphatic carbocycles. The summed E-state index contributed by atoms with van der Waals surface area (Å²) in [5, 5.41) is 6.73. The molecule has 0 saturated heterocycles. The molecule has 0 radical (unpaired) electrons. The highest BCUT2D eigenvalue weighted by atomic mass is 32.2. The number of hydrogen-bond donors (Lipinski definition) is 4. The fourth-order valence-corrected chi connectivity index (χ4v) is 2.67. The van der Waals surface area contributed by atoms with Crippen molar-refractivity contribution in [1.29, 1.82) is 0 Å². The van der Waals surface area contributed by atoms with Gasteiger partial charge in [-0.05, 0) is 25.9 Å². The molecule has 0 heterocycles. The molecule has 0 atom stereocenters. The first-order valence-electron chi connectivity index (χ1n) is 8.38. The zero-order valence-corrected chi connectivity index (χ0v) is 14.2. The molecule has 0 rings (SSSR count). The molecule has 0 aromatic carbocycles. The minimum atomic E-state index is 0.729. The summed E-state index contributed by atoms with van der Waals surface area (Å²) in [6, 6.07) is 0. The van der Waals surface area contributed by atoms with Gasteiger partial charge in [-0.15, -0.1) is 0 Å². The Balaban J connectivity index is 2.89. The second-order valence-electron chi connectivity index (χ2n) is 5.15. The quantitative estimate of drug-likeness (QED) is 0.245. The van der Waals surface area contributed by atoms with Crippen molar-refractivity contribution < 1.29 is 0 Å². The van der Waals surface area contributed by atoms with Crippen LogP contribution < -0.4 is 21.1 Å². The molecule has 0 spiro atoms. The molecule has 0 aliphatic rings. The van der Waals surface area contributed by atoms with Gasteiger partial charge in [0.1, 0.15) is 0 Å². The van der Waals surface area contributed by atoms with E-state index < -0.39 is 0 Å². The second-order valence-corrected chi connectivity index (χ2v) is 6.14. The molecule has 122 valence electrons. The minimum absolute atomic E-state index is 0.729. The topological polar surface area (TPSA) is 62.1 Å². The van der Waals surface area contributed by atoms with E-state index in [1.165, 1.54) is 50.7 Å². The highest BCUT2D eigenvalue weighted by molar-refractivity contribution is 7.97. The van der Waals surface area contributed by atoms with Gasteiger partial charge < -0.3 is 16.4 Å². The van der Waals surface area contributed by atoms with Gasteiger partial charge in [-0.3, -0.25) is 4.72 Å². The lowest BCUT2D eigenvalue weighted by Gasteiger charge is -2.07. The van der Waals surface area contributed by atoms with Crippen LogP contribution in [0.4, 0.5) is 0 Å². The highest BCUT2D eigenvalue weighted by Crippen LogP contribution is 2.07. The smallest absolute Gasteiger partial charge is 0.0184 e. The Morgan fingerprint density at radius 3 is 2.20 bits per heavy atom. The van der Waals surface area contributed by atoms with Crippen LogP contribution in [0.2, 0.25) is 0 Å². The summed E-state index contributed by atoms with van der Waals surface area (Å²) in [5.74, 6) is 1.25. The summed E-state index contributed by atoms with van der Waals surface area (Å²) >= 11 is 1.88. The van der Waals surface area contributed by atoms with Crippen LogP contribution in [0.25, 0.3) is 0 Å². The number of nitrogens with one attached hydrogen (secondary N) is 3. The van der Waals surface area contributed by atoms with E-state index in [1.54, 1.807) is 0 Å². The van der Waals surface area contributed by atoms with Gasteiger partial charge in [0, 0.05) is 31.9 Å². The van der Waals surface area contributed by atoms with Crippen molar-refractivity contribution in [3.63, 3.8) is 0 Å². The average Bonchev–Trinajstić information content (AvgIpc) is 2.47. The first-order chi connectivity index (χ1) is 9.91. The van der Waals surface area contributed by atoms with Gasteiger partial charge >= 0.3 is 0 Å². The van der Waals surface area contributed by atoms with E-state index >= 15 is 0 Å². The Labute approximate surface area is 130 Å². The lowest BCUT2D eigenvalue weighted by atomic mass is 10.1. The van der Waals surface area contributed by atoms with Gasteiger partial charge in [0.15, 0.2) is 0 Å². The van der Waals surface area contributed by atoms with Crippen LogP contribution in [0.1, 0.15) is 51.9 Å². The summed E-state index contributed by atoms with van der Waals surface area (Å²) in [4.78, 5) is 0. The van der Waals surface area contributed by atoms with Gasteiger partial charge in [-0.2, -0.15) is 0 Å². The van der Waals surface area contributed by atoms with Crippen molar-refractivity contribution in [2.45, 2.75) is 51.9 Å². The molecule has 5 heteroatoms. The lowest BCUT2D eigenvalue weighted by Crippen LogP contribution is -2.28. The van der Waals surface area contributed by atoms with Crippen molar-refractivity contribution >= 4 is 11.9 Å². The van der Waals surface area contributed by atoms with Crippen molar-refractivity contribution in [3.8, 4) is 0 Å². The van der Waals surface area contributed by atoms with Gasteiger partial charge in [-0.25, -0.2) is 0 Å². The summed E-state index contributed by atoms with van der Waals surface area (Å²) in [6.45, 7) is 8.18. The van der Waals surface area contributed by atoms with Crippen LogP contribution in [-0.4, -0.2) is 45.0 Å².